The van der Waals surface area contributed by atoms with Gasteiger partial charge in [-0.25, -0.2) is 0 Å². The quantitative estimate of drug-likeness (QED) is 0.751. The molecule has 1 aromatic heterocycles. The SMILES string of the molecule is CC(=O)N[C@H](CC(=O)Nc1cccc2cccnc12)c1ccccc1. The lowest BCUT2D eigenvalue weighted by Crippen LogP contribution is -2.29. The van der Waals surface area contributed by atoms with E-state index in [0.29, 0.717) is 5.69 Å². The first-order valence-corrected chi connectivity index (χ1v) is 8.09. The molecule has 5 heteroatoms. The third-order valence-electron chi connectivity index (χ3n) is 3.88. The molecule has 0 saturated heterocycles. The predicted octanol–water partition coefficient (Wildman–Crippen LogP) is 3.44. The molecule has 3 rings (SSSR count). The van der Waals surface area contributed by atoms with Gasteiger partial charge in [-0.15, -0.1) is 0 Å². The number of benzene rings is 2. The van der Waals surface area contributed by atoms with Crippen LogP contribution in [0.15, 0.2) is 66.9 Å². The minimum Gasteiger partial charge on any atom is -0.349 e. The van der Waals surface area contributed by atoms with Crippen LogP contribution in [-0.2, 0) is 9.59 Å². The highest BCUT2D eigenvalue weighted by molar-refractivity contribution is 6.00. The molecule has 0 spiro atoms. The normalized spacial score (nSPS) is 11.7. The van der Waals surface area contributed by atoms with E-state index in [1.54, 1.807) is 6.20 Å². The number of nitrogens with zero attached hydrogens (tertiary/aromatic N) is 1. The topological polar surface area (TPSA) is 71.1 Å². The van der Waals surface area contributed by atoms with Gasteiger partial charge in [0.05, 0.1) is 23.7 Å². The van der Waals surface area contributed by atoms with Crippen LogP contribution in [0, 0.1) is 0 Å². The van der Waals surface area contributed by atoms with Gasteiger partial charge in [0.2, 0.25) is 11.8 Å². The van der Waals surface area contributed by atoms with Crippen molar-refractivity contribution in [2.75, 3.05) is 5.32 Å². The van der Waals surface area contributed by atoms with Crippen molar-refractivity contribution in [3.63, 3.8) is 0 Å². The lowest BCUT2D eigenvalue weighted by atomic mass is 10.0. The standard InChI is InChI=1S/C20H19N3O2/c1-14(24)22-18(15-7-3-2-4-8-15)13-19(25)23-17-11-5-9-16-10-6-12-21-20(16)17/h2-12,18H,13H2,1H3,(H,22,24)(H,23,25)/t18-/m1/s1. The fraction of sp³-hybridized carbons (Fsp3) is 0.150. The van der Waals surface area contributed by atoms with E-state index in [0.717, 1.165) is 16.5 Å². The number of rotatable bonds is 5. The molecular weight excluding hydrogens is 314 g/mol. The molecule has 1 heterocycles. The van der Waals surface area contributed by atoms with Crippen LogP contribution in [-0.4, -0.2) is 16.8 Å². The third kappa shape index (κ3) is 4.20. The van der Waals surface area contributed by atoms with Crippen molar-refractivity contribution in [1.29, 1.82) is 0 Å². The second-order valence-electron chi connectivity index (χ2n) is 5.80. The molecule has 0 fully saturated rings. The van der Waals surface area contributed by atoms with Gasteiger partial charge in [-0.1, -0.05) is 48.5 Å². The average molecular weight is 333 g/mol. The van der Waals surface area contributed by atoms with Crippen LogP contribution in [0.4, 0.5) is 5.69 Å². The maximum Gasteiger partial charge on any atom is 0.226 e. The molecule has 0 bridgehead atoms. The molecule has 25 heavy (non-hydrogen) atoms. The van der Waals surface area contributed by atoms with Crippen LogP contribution in [0.1, 0.15) is 24.9 Å². The molecule has 1 atom stereocenters. The van der Waals surface area contributed by atoms with Gasteiger partial charge in [-0.05, 0) is 17.7 Å². The number of hydrogen-bond donors (Lipinski definition) is 2. The summed E-state index contributed by atoms with van der Waals surface area (Å²) in [5.74, 6) is -0.353. The molecule has 0 saturated carbocycles. The molecule has 126 valence electrons. The Morgan fingerprint density at radius 2 is 1.76 bits per heavy atom. The summed E-state index contributed by atoms with van der Waals surface area (Å²) >= 11 is 0. The number of para-hydroxylation sites is 1. The highest BCUT2D eigenvalue weighted by Crippen LogP contribution is 2.22. The van der Waals surface area contributed by atoms with Crippen molar-refractivity contribution < 1.29 is 9.59 Å². The highest BCUT2D eigenvalue weighted by Gasteiger charge is 2.17. The van der Waals surface area contributed by atoms with E-state index in [1.165, 1.54) is 6.92 Å². The van der Waals surface area contributed by atoms with Crippen LogP contribution in [0.5, 0.6) is 0 Å². The lowest BCUT2D eigenvalue weighted by molar-refractivity contribution is -0.120. The van der Waals surface area contributed by atoms with E-state index in [-0.39, 0.29) is 24.3 Å². The van der Waals surface area contributed by atoms with Gasteiger partial charge in [0, 0.05) is 18.5 Å². The van der Waals surface area contributed by atoms with Crippen LogP contribution < -0.4 is 10.6 Å². The minimum atomic E-state index is -0.373. The Morgan fingerprint density at radius 3 is 2.52 bits per heavy atom. The Bertz CT molecular complexity index is 888. The number of amides is 2. The summed E-state index contributed by atoms with van der Waals surface area (Å²) in [5, 5.41) is 6.70. The van der Waals surface area contributed by atoms with E-state index < -0.39 is 0 Å². The molecule has 0 aliphatic rings. The van der Waals surface area contributed by atoms with Crippen molar-refractivity contribution in [3.8, 4) is 0 Å². The van der Waals surface area contributed by atoms with Gasteiger partial charge in [-0.3, -0.25) is 14.6 Å². The zero-order chi connectivity index (χ0) is 17.6. The largest absolute Gasteiger partial charge is 0.349 e. The number of hydrogen-bond acceptors (Lipinski definition) is 3. The summed E-state index contributed by atoms with van der Waals surface area (Å²) in [6, 6.07) is 18.5. The molecule has 2 aromatic carbocycles. The molecule has 0 unspecified atom stereocenters. The van der Waals surface area contributed by atoms with Crippen LogP contribution in [0.25, 0.3) is 10.9 Å². The summed E-state index contributed by atoms with van der Waals surface area (Å²) in [5.41, 5.74) is 2.30. The van der Waals surface area contributed by atoms with Crippen molar-refractivity contribution in [2.45, 2.75) is 19.4 Å². The first-order chi connectivity index (χ1) is 12.1. The molecule has 2 N–H and O–H groups in total. The molecule has 0 radical (unpaired) electrons. The maximum atomic E-state index is 12.5. The van der Waals surface area contributed by atoms with Gasteiger partial charge in [0.15, 0.2) is 0 Å². The number of fused-ring (bicyclic) bond motifs is 1. The number of aromatic nitrogens is 1. The van der Waals surface area contributed by atoms with Crippen molar-refractivity contribution in [2.24, 2.45) is 0 Å². The fourth-order valence-electron chi connectivity index (χ4n) is 2.77. The monoisotopic (exact) mass is 333 g/mol. The van der Waals surface area contributed by atoms with E-state index in [9.17, 15) is 9.59 Å². The zero-order valence-electron chi connectivity index (χ0n) is 13.9. The van der Waals surface area contributed by atoms with E-state index >= 15 is 0 Å². The van der Waals surface area contributed by atoms with E-state index in [4.69, 9.17) is 0 Å². The summed E-state index contributed by atoms with van der Waals surface area (Å²) in [4.78, 5) is 28.4. The molecule has 2 amide bonds. The first kappa shape index (κ1) is 16.6. The summed E-state index contributed by atoms with van der Waals surface area (Å²) in [6.07, 6.45) is 1.84. The van der Waals surface area contributed by atoms with Crippen LogP contribution >= 0.6 is 0 Å². The summed E-state index contributed by atoms with van der Waals surface area (Å²) in [6.45, 7) is 1.45. The number of pyridine rings is 1. The third-order valence-corrected chi connectivity index (χ3v) is 3.88. The Hall–Kier alpha value is -3.21. The van der Waals surface area contributed by atoms with Crippen LogP contribution in [0.3, 0.4) is 0 Å². The smallest absolute Gasteiger partial charge is 0.226 e. The van der Waals surface area contributed by atoms with Gasteiger partial charge in [0.25, 0.3) is 0 Å². The molecule has 0 aliphatic carbocycles. The number of anilines is 1. The lowest BCUT2D eigenvalue weighted by Gasteiger charge is -2.18. The predicted molar refractivity (Wildman–Crippen MR) is 98.0 cm³/mol. The van der Waals surface area contributed by atoms with Crippen LogP contribution in [0.2, 0.25) is 0 Å². The molecule has 5 nitrogen and oxygen atoms in total. The Balaban J connectivity index is 1.78. The minimum absolute atomic E-state index is 0.146. The zero-order valence-corrected chi connectivity index (χ0v) is 13.9. The van der Waals surface area contributed by atoms with E-state index in [2.05, 4.69) is 15.6 Å². The fourth-order valence-corrected chi connectivity index (χ4v) is 2.77. The number of carbonyl (C=O) groups excluding carboxylic acids is 2. The van der Waals surface area contributed by atoms with Gasteiger partial charge in [0.1, 0.15) is 0 Å². The molecular formula is C20H19N3O2. The van der Waals surface area contributed by atoms with Gasteiger partial charge < -0.3 is 10.6 Å². The molecule has 3 aromatic rings. The second kappa shape index (κ2) is 7.57. The highest BCUT2D eigenvalue weighted by atomic mass is 16.2. The Labute approximate surface area is 146 Å². The number of nitrogens with one attached hydrogen (secondary N) is 2. The maximum absolute atomic E-state index is 12.5. The van der Waals surface area contributed by atoms with Crippen molar-refractivity contribution in [3.05, 3.63) is 72.4 Å². The Kier molecular flexibility index (Phi) is 5.04. The second-order valence-corrected chi connectivity index (χ2v) is 5.80. The number of carbonyl (C=O) groups is 2. The average Bonchev–Trinajstić information content (AvgIpc) is 2.62. The van der Waals surface area contributed by atoms with Crippen molar-refractivity contribution in [1.82, 2.24) is 10.3 Å². The molecule has 0 aliphatic heterocycles. The van der Waals surface area contributed by atoms with Gasteiger partial charge in [-0.2, -0.15) is 0 Å². The van der Waals surface area contributed by atoms with E-state index in [1.807, 2.05) is 60.7 Å². The van der Waals surface area contributed by atoms with Gasteiger partial charge >= 0.3 is 0 Å². The van der Waals surface area contributed by atoms with Crippen molar-refractivity contribution >= 4 is 28.4 Å². The summed E-state index contributed by atoms with van der Waals surface area (Å²) < 4.78 is 0. The first-order valence-electron chi connectivity index (χ1n) is 8.09. The summed E-state index contributed by atoms with van der Waals surface area (Å²) in [7, 11) is 0. The Morgan fingerprint density at radius 1 is 1.00 bits per heavy atom.